The Labute approximate surface area is 177 Å². The third-order valence-electron chi connectivity index (χ3n) is 4.18. The van der Waals surface area contributed by atoms with E-state index in [9.17, 15) is 22.0 Å². The highest BCUT2D eigenvalue weighted by atomic mass is 32.2. The standard InChI is InChI=1S/C20H21F2N3O5S/c1-11(2)10-30-20(26)25-31(27,28)24-18-7-12(4-5-19(18)29-3)16-8-13-6-14(21)15(22)9-17(13)23-16/h4-9,11,23-24H,10H2,1-3H3,(H,25,26). The summed E-state index contributed by atoms with van der Waals surface area (Å²) in [7, 11) is -2.96. The van der Waals surface area contributed by atoms with Gasteiger partial charge in [0.2, 0.25) is 0 Å². The molecule has 0 fully saturated rings. The molecule has 8 nitrogen and oxygen atoms in total. The van der Waals surface area contributed by atoms with Gasteiger partial charge in [0.25, 0.3) is 0 Å². The van der Waals surface area contributed by atoms with Crippen LogP contribution in [0.4, 0.5) is 19.3 Å². The van der Waals surface area contributed by atoms with Crippen molar-refractivity contribution in [1.82, 2.24) is 9.71 Å². The van der Waals surface area contributed by atoms with Gasteiger partial charge in [-0.05, 0) is 36.2 Å². The SMILES string of the molecule is COc1ccc(-c2cc3cc(F)c(F)cc3[nH]2)cc1NS(=O)(=O)NC(=O)OCC(C)C. The molecule has 0 spiro atoms. The number of anilines is 1. The number of methoxy groups -OCH3 is 1. The van der Waals surface area contributed by atoms with Gasteiger partial charge in [0.15, 0.2) is 11.6 Å². The summed E-state index contributed by atoms with van der Waals surface area (Å²) in [6.45, 7) is 3.67. The van der Waals surface area contributed by atoms with E-state index in [2.05, 4.69) is 9.71 Å². The number of carbonyl (C=O) groups is 1. The largest absolute Gasteiger partial charge is 0.495 e. The highest BCUT2D eigenvalue weighted by Crippen LogP contribution is 2.32. The Morgan fingerprint density at radius 1 is 1.13 bits per heavy atom. The monoisotopic (exact) mass is 453 g/mol. The Hall–Kier alpha value is -3.34. The average Bonchev–Trinajstić information content (AvgIpc) is 3.08. The third-order valence-corrected chi connectivity index (χ3v) is 5.11. The maximum atomic E-state index is 13.5. The van der Waals surface area contributed by atoms with Crippen LogP contribution in [0.15, 0.2) is 36.4 Å². The molecule has 1 heterocycles. The van der Waals surface area contributed by atoms with Gasteiger partial charge >= 0.3 is 16.3 Å². The number of hydrogen-bond acceptors (Lipinski definition) is 5. The Morgan fingerprint density at radius 3 is 2.52 bits per heavy atom. The van der Waals surface area contributed by atoms with E-state index < -0.39 is 27.9 Å². The average molecular weight is 453 g/mol. The van der Waals surface area contributed by atoms with Gasteiger partial charge in [-0.1, -0.05) is 13.8 Å². The molecule has 0 saturated carbocycles. The van der Waals surface area contributed by atoms with E-state index in [1.54, 1.807) is 16.9 Å². The number of carbonyl (C=O) groups excluding carboxylic acids is 1. The zero-order valence-electron chi connectivity index (χ0n) is 17.0. The normalized spacial score (nSPS) is 11.5. The molecule has 11 heteroatoms. The molecule has 0 aliphatic carbocycles. The van der Waals surface area contributed by atoms with Crippen molar-refractivity contribution in [2.45, 2.75) is 13.8 Å². The minimum absolute atomic E-state index is 0.0384. The first-order chi connectivity index (χ1) is 14.6. The zero-order chi connectivity index (χ0) is 22.8. The first-order valence-corrected chi connectivity index (χ1v) is 10.7. The first kappa shape index (κ1) is 22.3. The van der Waals surface area contributed by atoms with Crippen molar-refractivity contribution in [2.24, 2.45) is 5.92 Å². The maximum Gasteiger partial charge on any atom is 0.422 e. The highest BCUT2D eigenvalue weighted by Gasteiger charge is 2.19. The summed E-state index contributed by atoms with van der Waals surface area (Å²) >= 11 is 0. The Bertz CT molecular complexity index is 1190. The summed E-state index contributed by atoms with van der Waals surface area (Å²) < 4.78 is 65.6. The number of ether oxygens (including phenoxy) is 2. The van der Waals surface area contributed by atoms with Crippen LogP contribution in [0.2, 0.25) is 0 Å². The quantitative estimate of drug-likeness (QED) is 0.498. The van der Waals surface area contributed by atoms with Crippen molar-refractivity contribution in [3.05, 3.63) is 48.0 Å². The minimum Gasteiger partial charge on any atom is -0.495 e. The van der Waals surface area contributed by atoms with Crippen LogP contribution in [0.1, 0.15) is 13.8 Å². The lowest BCUT2D eigenvalue weighted by Gasteiger charge is -2.14. The van der Waals surface area contributed by atoms with Crippen molar-refractivity contribution < 1.29 is 31.5 Å². The fraction of sp³-hybridized carbons (Fsp3) is 0.250. The second-order valence-corrected chi connectivity index (χ2v) is 8.57. The van der Waals surface area contributed by atoms with Crippen molar-refractivity contribution in [1.29, 1.82) is 0 Å². The van der Waals surface area contributed by atoms with E-state index >= 15 is 0 Å². The number of rotatable bonds is 7. The molecular weight excluding hydrogens is 432 g/mol. The summed E-state index contributed by atoms with van der Waals surface area (Å²) in [6, 6.07) is 8.29. The van der Waals surface area contributed by atoms with E-state index in [1.165, 1.54) is 19.2 Å². The van der Waals surface area contributed by atoms with Gasteiger partial charge in [0.05, 0.1) is 19.4 Å². The Balaban J connectivity index is 1.88. The van der Waals surface area contributed by atoms with E-state index in [4.69, 9.17) is 9.47 Å². The van der Waals surface area contributed by atoms with Crippen LogP contribution in [-0.2, 0) is 14.9 Å². The second kappa shape index (κ2) is 8.80. The molecule has 31 heavy (non-hydrogen) atoms. The summed E-state index contributed by atoms with van der Waals surface area (Å²) in [5.74, 6) is -1.73. The smallest absolute Gasteiger partial charge is 0.422 e. The molecule has 1 amide bonds. The molecule has 3 rings (SSSR count). The molecule has 0 saturated heterocycles. The van der Waals surface area contributed by atoms with E-state index in [-0.39, 0.29) is 24.0 Å². The zero-order valence-corrected chi connectivity index (χ0v) is 17.8. The second-order valence-electron chi connectivity index (χ2n) is 7.15. The molecule has 1 aromatic heterocycles. The number of aromatic nitrogens is 1. The van der Waals surface area contributed by atoms with Gasteiger partial charge in [-0.15, -0.1) is 0 Å². The van der Waals surface area contributed by atoms with Crippen LogP contribution in [-0.4, -0.2) is 33.2 Å². The highest BCUT2D eigenvalue weighted by molar-refractivity contribution is 7.91. The molecule has 2 aromatic carbocycles. The summed E-state index contributed by atoms with van der Waals surface area (Å²) in [6.07, 6.45) is -1.11. The predicted molar refractivity (Wildman–Crippen MR) is 112 cm³/mol. The predicted octanol–water partition coefficient (Wildman–Crippen LogP) is 4.16. The van der Waals surface area contributed by atoms with Crippen LogP contribution >= 0.6 is 0 Å². The molecule has 0 bridgehead atoms. The summed E-state index contributed by atoms with van der Waals surface area (Å²) in [5.41, 5.74) is 1.42. The molecule has 0 atom stereocenters. The fourth-order valence-corrected chi connectivity index (χ4v) is 3.57. The number of hydrogen-bond donors (Lipinski definition) is 3. The Kier molecular flexibility index (Phi) is 6.34. The molecule has 3 aromatic rings. The number of halogens is 2. The molecule has 0 aliphatic rings. The van der Waals surface area contributed by atoms with Crippen molar-refractivity contribution >= 4 is 32.9 Å². The Morgan fingerprint density at radius 2 is 1.84 bits per heavy atom. The van der Waals surface area contributed by atoms with Crippen LogP contribution in [0, 0.1) is 17.6 Å². The number of H-pyrrole nitrogens is 1. The molecule has 3 N–H and O–H groups in total. The minimum atomic E-state index is -4.31. The molecule has 0 unspecified atom stereocenters. The van der Waals surface area contributed by atoms with Crippen LogP contribution in [0.25, 0.3) is 22.2 Å². The van der Waals surface area contributed by atoms with Crippen molar-refractivity contribution in [2.75, 3.05) is 18.4 Å². The number of nitrogens with one attached hydrogen (secondary N) is 3. The lowest BCUT2D eigenvalue weighted by molar-refractivity contribution is 0.139. The molecule has 166 valence electrons. The van der Waals surface area contributed by atoms with E-state index in [0.717, 1.165) is 12.1 Å². The number of aromatic amines is 1. The summed E-state index contributed by atoms with van der Waals surface area (Å²) in [4.78, 5) is 14.7. The number of benzene rings is 2. The van der Waals surface area contributed by atoms with Crippen LogP contribution < -0.4 is 14.2 Å². The fourth-order valence-electron chi connectivity index (χ4n) is 2.79. The van der Waals surface area contributed by atoms with Crippen LogP contribution in [0.3, 0.4) is 0 Å². The van der Waals surface area contributed by atoms with Crippen molar-refractivity contribution in [3.63, 3.8) is 0 Å². The lowest BCUT2D eigenvalue weighted by Crippen LogP contribution is -2.36. The number of fused-ring (bicyclic) bond motifs is 1. The maximum absolute atomic E-state index is 13.5. The summed E-state index contributed by atoms with van der Waals surface area (Å²) in [5, 5.41) is 0.446. The van der Waals surface area contributed by atoms with Gasteiger partial charge in [0, 0.05) is 28.2 Å². The molecular formula is C20H21F2N3O5S. The van der Waals surface area contributed by atoms with Gasteiger partial charge in [-0.25, -0.2) is 18.3 Å². The van der Waals surface area contributed by atoms with Gasteiger partial charge in [-0.2, -0.15) is 8.42 Å². The molecule has 0 radical (unpaired) electrons. The number of amides is 1. The molecule has 0 aliphatic heterocycles. The third kappa shape index (κ3) is 5.43. The lowest BCUT2D eigenvalue weighted by atomic mass is 10.1. The van der Waals surface area contributed by atoms with Crippen molar-refractivity contribution in [3.8, 4) is 17.0 Å². The van der Waals surface area contributed by atoms with Gasteiger partial charge in [0.1, 0.15) is 5.75 Å². The van der Waals surface area contributed by atoms with Gasteiger partial charge in [-0.3, -0.25) is 4.72 Å². The van der Waals surface area contributed by atoms with E-state index in [1.807, 2.05) is 13.8 Å². The van der Waals surface area contributed by atoms with Crippen LogP contribution in [0.5, 0.6) is 5.75 Å². The van der Waals surface area contributed by atoms with E-state index in [0.29, 0.717) is 22.2 Å². The first-order valence-electron chi connectivity index (χ1n) is 9.21. The topological polar surface area (TPSA) is 110 Å². The van der Waals surface area contributed by atoms with Gasteiger partial charge < -0.3 is 14.5 Å².